The van der Waals surface area contributed by atoms with Crippen LogP contribution in [-0.2, 0) is 6.54 Å². The van der Waals surface area contributed by atoms with Gasteiger partial charge in [0.05, 0.1) is 5.69 Å². The lowest BCUT2D eigenvalue weighted by Gasteiger charge is -2.20. The van der Waals surface area contributed by atoms with Crippen LogP contribution in [-0.4, -0.2) is 28.1 Å². The molecule has 0 fully saturated rings. The third kappa shape index (κ3) is 2.63. The van der Waals surface area contributed by atoms with Gasteiger partial charge in [-0.2, -0.15) is 0 Å². The summed E-state index contributed by atoms with van der Waals surface area (Å²) in [6.45, 7) is 0.606. The maximum Gasteiger partial charge on any atom is 0.356 e. The smallest absolute Gasteiger partial charge is 0.356 e. The molecule has 0 atom stereocenters. The lowest BCUT2D eigenvalue weighted by Crippen LogP contribution is -2.20. The van der Waals surface area contributed by atoms with E-state index in [1.165, 1.54) is 6.20 Å². The minimum atomic E-state index is -1.02. The molecule has 2 rings (SSSR count). The van der Waals surface area contributed by atoms with Gasteiger partial charge >= 0.3 is 5.97 Å². The Bertz CT molecular complexity index is 543. The van der Waals surface area contributed by atoms with Crippen LogP contribution in [0.5, 0.6) is 0 Å². The number of carboxylic acid groups (broad SMARTS) is 1. The fourth-order valence-electron chi connectivity index (χ4n) is 1.72. The number of pyridine rings is 2. The molecule has 0 saturated heterocycles. The summed E-state index contributed by atoms with van der Waals surface area (Å²) >= 11 is 0. The summed E-state index contributed by atoms with van der Waals surface area (Å²) in [6.07, 6.45) is 4.91. The van der Waals surface area contributed by atoms with E-state index < -0.39 is 5.97 Å². The molecule has 0 bridgehead atoms. The van der Waals surface area contributed by atoms with Crippen LogP contribution >= 0.6 is 0 Å². The molecule has 5 heteroatoms. The third-order valence-electron chi connectivity index (χ3n) is 2.57. The summed E-state index contributed by atoms with van der Waals surface area (Å²) in [7, 11) is 1.84. The number of carbonyl (C=O) groups is 1. The molecular formula is C13H13N3O2. The van der Waals surface area contributed by atoms with Crippen molar-refractivity contribution in [3.05, 3.63) is 54.1 Å². The summed E-state index contributed by atoms with van der Waals surface area (Å²) < 4.78 is 0. The molecule has 0 amide bonds. The van der Waals surface area contributed by atoms with Crippen molar-refractivity contribution in [2.24, 2.45) is 0 Å². The number of rotatable bonds is 4. The van der Waals surface area contributed by atoms with Crippen molar-refractivity contribution < 1.29 is 9.90 Å². The molecule has 1 N–H and O–H groups in total. The largest absolute Gasteiger partial charge is 0.476 e. The Hall–Kier alpha value is -2.43. The van der Waals surface area contributed by atoms with Crippen molar-refractivity contribution in [2.45, 2.75) is 6.54 Å². The minimum Gasteiger partial charge on any atom is -0.476 e. The first-order valence-corrected chi connectivity index (χ1v) is 5.47. The zero-order valence-corrected chi connectivity index (χ0v) is 9.95. The molecule has 0 aliphatic carbocycles. The monoisotopic (exact) mass is 243 g/mol. The number of nitrogens with zero attached hydrogens (tertiary/aromatic N) is 3. The van der Waals surface area contributed by atoms with Crippen LogP contribution in [0, 0.1) is 0 Å². The lowest BCUT2D eigenvalue weighted by atomic mass is 10.2. The Balaban J connectivity index is 2.24. The van der Waals surface area contributed by atoms with Crippen molar-refractivity contribution in [3.8, 4) is 0 Å². The Morgan fingerprint density at radius 2 is 2.00 bits per heavy atom. The number of anilines is 1. The highest BCUT2D eigenvalue weighted by Gasteiger charge is 2.14. The van der Waals surface area contributed by atoms with E-state index in [4.69, 9.17) is 5.11 Å². The predicted molar refractivity (Wildman–Crippen MR) is 67.5 cm³/mol. The maximum atomic E-state index is 11.1. The molecule has 2 heterocycles. The van der Waals surface area contributed by atoms with Crippen LogP contribution in [0.15, 0.2) is 42.9 Å². The van der Waals surface area contributed by atoms with Gasteiger partial charge in [0.25, 0.3) is 0 Å². The summed E-state index contributed by atoms with van der Waals surface area (Å²) in [5.41, 5.74) is 1.73. The molecule has 0 aliphatic rings. The molecular weight excluding hydrogens is 230 g/mol. The quantitative estimate of drug-likeness (QED) is 0.887. The molecule has 18 heavy (non-hydrogen) atoms. The fraction of sp³-hybridized carbons (Fsp3) is 0.154. The normalized spacial score (nSPS) is 10.1. The molecule has 0 saturated carbocycles. The summed E-state index contributed by atoms with van der Waals surface area (Å²) in [6, 6.07) is 7.27. The number of aromatic nitrogens is 2. The third-order valence-corrected chi connectivity index (χ3v) is 2.57. The average molecular weight is 243 g/mol. The molecule has 92 valence electrons. The van der Waals surface area contributed by atoms with Crippen LogP contribution in [0.3, 0.4) is 0 Å². The molecule has 5 nitrogen and oxygen atoms in total. The van der Waals surface area contributed by atoms with Crippen LogP contribution in [0.4, 0.5) is 5.69 Å². The van der Waals surface area contributed by atoms with Gasteiger partial charge in [-0.1, -0.05) is 0 Å². The first-order valence-electron chi connectivity index (χ1n) is 5.47. The molecule has 0 aliphatic heterocycles. The second-order valence-corrected chi connectivity index (χ2v) is 3.89. The van der Waals surface area contributed by atoms with Gasteiger partial charge in [0.15, 0.2) is 5.69 Å². The summed E-state index contributed by atoms with van der Waals surface area (Å²) in [5.74, 6) is -1.02. The van der Waals surface area contributed by atoms with E-state index in [0.29, 0.717) is 12.2 Å². The molecule has 2 aromatic rings. The highest BCUT2D eigenvalue weighted by molar-refractivity contribution is 5.92. The van der Waals surface area contributed by atoms with E-state index in [-0.39, 0.29) is 5.69 Å². The van der Waals surface area contributed by atoms with Crippen molar-refractivity contribution >= 4 is 11.7 Å². The van der Waals surface area contributed by atoms with E-state index in [1.807, 2.05) is 24.1 Å². The summed E-state index contributed by atoms with van der Waals surface area (Å²) in [4.78, 5) is 20.8. The molecule has 0 unspecified atom stereocenters. The average Bonchev–Trinajstić information content (AvgIpc) is 2.40. The number of hydrogen-bond donors (Lipinski definition) is 1. The van der Waals surface area contributed by atoms with Crippen molar-refractivity contribution in [1.29, 1.82) is 0 Å². The van der Waals surface area contributed by atoms with E-state index in [9.17, 15) is 4.79 Å². The van der Waals surface area contributed by atoms with Crippen molar-refractivity contribution in [2.75, 3.05) is 11.9 Å². The van der Waals surface area contributed by atoms with Crippen molar-refractivity contribution in [3.63, 3.8) is 0 Å². The molecule has 0 spiro atoms. The highest BCUT2D eigenvalue weighted by Crippen LogP contribution is 2.18. The Kier molecular flexibility index (Phi) is 3.52. The van der Waals surface area contributed by atoms with Crippen molar-refractivity contribution in [1.82, 2.24) is 9.97 Å². The summed E-state index contributed by atoms with van der Waals surface area (Å²) in [5, 5.41) is 9.08. The van der Waals surface area contributed by atoms with E-state index in [2.05, 4.69) is 9.97 Å². The van der Waals surface area contributed by atoms with Crippen LogP contribution < -0.4 is 4.90 Å². The number of carboxylic acids is 1. The number of hydrogen-bond acceptors (Lipinski definition) is 4. The SMILES string of the molecule is CN(Cc1ccncc1)c1cccnc1C(=O)O. The van der Waals surface area contributed by atoms with Gasteiger partial charge in [-0.3, -0.25) is 4.98 Å². The van der Waals surface area contributed by atoms with Gasteiger partial charge in [0.1, 0.15) is 0 Å². The second-order valence-electron chi connectivity index (χ2n) is 3.89. The van der Waals surface area contributed by atoms with Gasteiger partial charge in [-0.15, -0.1) is 0 Å². The maximum absolute atomic E-state index is 11.1. The van der Waals surface area contributed by atoms with Crippen LogP contribution in [0.1, 0.15) is 16.1 Å². The first-order chi connectivity index (χ1) is 8.68. The Morgan fingerprint density at radius 3 is 2.67 bits per heavy atom. The topological polar surface area (TPSA) is 66.3 Å². The minimum absolute atomic E-state index is 0.0639. The van der Waals surface area contributed by atoms with Gasteiger partial charge < -0.3 is 10.0 Å². The van der Waals surface area contributed by atoms with Gasteiger partial charge in [-0.25, -0.2) is 9.78 Å². The fourth-order valence-corrected chi connectivity index (χ4v) is 1.72. The van der Waals surface area contributed by atoms with E-state index in [1.54, 1.807) is 24.5 Å². The van der Waals surface area contributed by atoms with Gasteiger partial charge in [0.2, 0.25) is 0 Å². The van der Waals surface area contributed by atoms with E-state index in [0.717, 1.165) is 5.56 Å². The Labute approximate surface area is 105 Å². The van der Waals surface area contributed by atoms with Crippen LogP contribution in [0.25, 0.3) is 0 Å². The zero-order chi connectivity index (χ0) is 13.0. The van der Waals surface area contributed by atoms with Gasteiger partial charge in [0, 0.05) is 32.2 Å². The first kappa shape index (κ1) is 12.0. The predicted octanol–water partition coefficient (Wildman–Crippen LogP) is 1.81. The zero-order valence-electron chi connectivity index (χ0n) is 9.95. The standard InChI is InChI=1S/C13H13N3O2/c1-16(9-10-4-7-14-8-5-10)11-3-2-6-15-12(11)13(17)18/h2-8H,9H2,1H3,(H,17,18). The molecule has 2 aromatic heterocycles. The highest BCUT2D eigenvalue weighted by atomic mass is 16.4. The second kappa shape index (κ2) is 5.27. The molecule has 0 radical (unpaired) electrons. The Morgan fingerprint density at radius 1 is 1.28 bits per heavy atom. The number of aromatic carboxylic acids is 1. The van der Waals surface area contributed by atoms with Crippen LogP contribution in [0.2, 0.25) is 0 Å². The lowest BCUT2D eigenvalue weighted by molar-refractivity contribution is 0.0691. The molecule has 0 aromatic carbocycles. The van der Waals surface area contributed by atoms with Gasteiger partial charge in [-0.05, 0) is 29.8 Å². The van der Waals surface area contributed by atoms with E-state index >= 15 is 0 Å².